The lowest BCUT2D eigenvalue weighted by atomic mass is 10.1. The molecule has 0 bridgehead atoms. The standard InChI is InChI=1S/C24H17N5O4/c30-23(16-6-7-20-21(12-16)33-11-10-32-20)27-28-9-8-19-18(24(28)31)13-25-22-17(14-26-29(19)22)15-4-2-1-3-5-15/h1-9,12-14H,10-11H2,(H,27,30). The van der Waals surface area contributed by atoms with Crippen LogP contribution in [0.25, 0.3) is 27.7 Å². The number of nitrogens with one attached hydrogen (secondary N) is 1. The Morgan fingerprint density at radius 3 is 2.64 bits per heavy atom. The smallest absolute Gasteiger partial charge is 0.280 e. The molecule has 1 aliphatic heterocycles. The topological polar surface area (TPSA) is 99.8 Å². The van der Waals surface area contributed by atoms with E-state index in [2.05, 4.69) is 15.5 Å². The second-order valence-corrected chi connectivity index (χ2v) is 7.51. The highest BCUT2D eigenvalue weighted by atomic mass is 16.6. The quantitative estimate of drug-likeness (QED) is 0.464. The van der Waals surface area contributed by atoms with Crippen molar-refractivity contribution in [3.63, 3.8) is 0 Å². The van der Waals surface area contributed by atoms with Crippen LogP contribution in [-0.2, 0) is 0 Å². The lowest BCUT2D eigenvalue weighted by Crippen LogP contribution is -2.33. The Morgan fingerprint density at radius 2 is 1.79 bits per heavy atom. The number of pyridine rings is 1. The van der Waals surface area contributed by atoms with E-state index in [1.165, 1.54) is 12.4 Å². The van der Waals surface area contributed by atoms with Gasteiger partial charge in [0.2, 0.25) is 0 Å². The van der Waals surface area contributed by atoms with Crippen molar-refractivity contribution in [3.8, 4) is 22.6 Å². The molecule has 0 unspecified atom stereocenters. The molecule has 9 nitrogen and oxygen atoms in total. The highest BCUT2D eigenvalue weighted by Gasteiger charge is 2.17. The molecule has 162 valence electrons. The molecule has 0 radical (unpaired) electrons. The van der Waals surface area contributed by atoms with E-state index in [0.717, 1.165) is 15.8 Å². The molecular weight excluding hydrogens is 422 g/mol. The normalized spacial score (nSPS) is 12.7. The van der Waals surface area contributed by atoms with Gasteiger partial charge in [0.15, 0.2) is 17.1 Å². The minimum Gasteiger partial charge on any atom is -0.486 e. The molecule has 0 spiro atoms. The van der Waals surface area contributed by atoms with Crippen molar-refractivity contribution in [2.45, 2.75) is 0 Å². The molecule has 5 aromatic rings. The van der Waals surface area contributed by atoms with Gasteiger partial charge in [0.05, 0.1) is 17.1 Å². The van der Waals surface area contributed by atoms with Gasteiger partial charge in [0, 0.05) is 23.5 Å². The fraction of sp³-hybridized carbons (Fsp3) is 0.0833. The summed E-state index contributed by atoms with van der Waals surface area (Å²) in [5.41, 5.74) is 5.64. The second kappa shape index (κ2) is 7.49. The number of fused-ring (bicyclic) bond motifs is 4. The molecule has 33 heavy (non-hydrogen) atoms. The number of ether oxygens (including phenoxy) is 2. The Morgan fingerprint density at radius 1 is 0.970 bits per heavy atom. The van der Waals surface area contributed by atoms with Gasteiger partial charge in [-0.3, -0.25) is 15.0 Å². The number of aromatic nitrogens is 4. The summed E-state index contributed by atoms with van der Waals surface area (Å²) in [7, 11) is 0. The number of hydrogen-bond acceptors (Lipinski definition) is 6. The summed E-state index contributed by atoms with van der Waals surface area (Å²) in [6.45, 7) is 0.887. The van der Waals surface area contributed by atoms with Crippen molar-refractivity contribution >= 4 is 22.5 Å². The predicted molar refractivity (Wildman–Crippen MR) is 121 cm³/mol. The number of hydrogen-bond donors (Lipinski definition) is 1. The van der Waals surface area contributed by atoms with Crippen LogP contribution in [0.4, 0.5) is 0 Å². The van der Waals surface area contributed by atoms with Crippen molar-refractivity contribution in [3.05, 3.63) is 89.1 Å². The van der Waals surface area contributed by atoms with Gasteiger partial charge in [-0.2, -0.15) is 5.10 Å². The van der Waals surface area contributed by atoms with E-state index < -0.39 is 11.5 Å². The zero-order chi connectivity index (χ0) is 22.4. The van der Waals surface area contributed by atoms with E-state index in [9.17, 15) is 9.59 Å². The SMILES string of the molecule is O=C(Nn1ccc2c(cnc3c(-c4ccccc4)cnn32)c1=O)c1ccc2c(c1)OCCO2. The molecule has 0 saturated carbocycles. The molecular formula is C24H17N5O4. The largest absolute Gasteiger partial charge is 0.486 e. The highest BCUT2D eigenvalue weighted by molar-refractivity contribution is 6.00. The van der Waals surface area contributed by atoms with E-state index in [4.69, 9.17) is 9.47 Å². The van der Waals surface area contributed by atoms with Crippen LogP contribution in [0.2, 0.25) is 0 Å². The minimum atomic E-state index is -0.451. The third-order valence-electron chi connectivity index (χ3n) is 5.51. The number of nitrogens with zero attached hydrogens (tertiary/aromatic N) is 4. The molecule has 6 rings (SSSR count). The van der Waals surface area contributed by atoms with Crippen LogP contribution in [0.1, 0.15) is 10.4 Å². The van der Waals surface area contributed by atoms with Crippen molar-refractivity contribution in [1.82, 2.24) is 19.3 Å². The average Bonchev–Trinajstić information content (AvgIpc) is 3.30. The summed E-state index contributed by atoms with van der Waals surface area (Å²) in [5.74, 6) is 0.636. The van der Waals surface area contributed by atoms with Crippen LogP contribution in [-0.4, -0.2) is 38.4 Å². The minimum absolute atomic E-state index is 0.329. The maximum atomic E-state index is 13.1. The summed E-state index contributed by atoms with van der Waals surface area (Å²) in [4.78, 5) is 30.3. The summed E-state index contributed by atoms with van der Waals surface area (Å²) in [6.07, 6.45) is 4.74. The van der Waals surface area contributed by atoms with Gasteiger partial charge in [-0.25, -0.2) is 14.2 Å². The van der Waals surface area contributed by atoms with Crippen molar-refractivity contribution in [2.24, 2.45) is 0 Å². The lowest BCUT2D eigenvalue weighted by Gasteiger charge is -2.18. The first-order valence-electron chi connectivity index (χ1n) is 10.3. The van der Waals surface area contributed by atoms with Gasteiger partial charge in [0.1, 0.15) is 13.2 Å². The lowest BCUT2D eigenvalue weighted by molar-refractivity contribution is 0.101. The van der Waals surface area contributed by atoms with Gasteiger partial charge < -0.3 is 9.47 Å². The van der Waals surface area contributed by atoms with Crippen LogP contribution in [0.5, 0.6) is 11.5 Å². The predicted octanol–water partition coefficient (Wildman–Crippen LogP) is 2.87. The van der Waals surface area contributed by atoms with Crippen molar-refractivity contribution in [2.75, 3.05) is 18.6 Å². The van der Waals surface area contributed by atoms with E-state index >= 15 is 0 Å². The Labute approximate surface area is 186 Å². The third kappa shape index (κ3) is 3.18. The van der Waals surface area contributed by atoms with E-state index in [-0.39, 0.29) is 0 Å². The van der Waals surface area contributed by atoms with Crippen LogP contribution >= 0.6 is 0 Å². The fourth-order valence-electron chi connectivity index (χ4n) is 3.88. The maximum Gasteiger partial charge on any atom is 0.280 e. The Hall–Kier alpha value is -4.66. The van der Waals surface area contributed by atoms with Gasteiger partial charge in [-0.15, -0.1) is 0 Å². The number of rotatable bonds is 3. The number of carbonyl (C=O) groups is 1. The molecule has 0 atom stereocenters. The van der Waals surface area contributed by atoms with Gasteiger partial charge in [-0.05, 0) is 29.8 Å². The first kappa shape index (κ1) is 19.1. The fourth-order valence-corrected chi connectivity index (χ4v) is 3.88. The van der Waals surface area contributed by atoms with Crippen molar-refractivity contribution < 1.29 is 14.3 Å². The average molecular weight is 439 g/mol. The first-order valence-corrected chi connectivity index (χ1v) is 10.3. The molecule has 1 amide bonds. The Kier molecular flexibility index (Phi) is 4.32. The van der Waals surface area contributed by atoms with E-state index in [0.29, 0.717) is 46.8 Å². The molecule has 1 aliphatic rings. The molecule has 3 aromatic heterocycles. The van der Waals surface area contributed by atoms with Crippen LogP contribution in [0.3, 0.4) is 0 Å². The second-order valence-electron chi connectivity index (χ2n) is 7.51. The molecule has 0 saturated heterocycles. The summed E-state index contributed by atoms with van der Waals surface area (Å²) >= 11 is 0. The van der Waals surface area contributed by atoms with Crippen LogP contribution in [0, 0.1) is 0 Å². The molecule has 4 heterocycles. The molecule has 0 fully saturated rings. The van der Waals surface area contributed by atoms with Gasteiger partial charge >= 0.3 is 0 Å². The van der Waals surface area contributed by atoms with E-state index in [1.807, 2.05) is 30.3 Å². The Balaban J connectivity index is 1.36. The molecule has 9 heteroatoms. The van der Waals surface area contributed by atoms with Crippen LogP contribution in [0.15, 0.2) is 78.0 Å². The van der Waals surface area contributed by atoms with E-state index in [1.54, 1.807) is 35.0 Å². The summed E-state index contributed by atoms with van der Waals surface area (Å²) in [5, 5.41) is 4.77. The van der Waals surface area contributed by atoms with Gasteiger partial charge in [0.25, 0.3) is 11.5 Å². The summed E-state index contributed by atoms with van der Waals surface area (Å²) < 4.78 is 13.8. The zero-order valence-electron chi connectivity index (χ0n) is 17.3. The summed E-state index contributed by atoms with van der Waals surface area (Å²) in [6, 6.07) is 16.4. The number of amides is 1. The van der Waals surface area contributed by atoms with Gasteiger partial charge in [-0.1, -0.05) is 30.3 Å². The third-order valence-corrected chi connectivity index (χ3v) is 5.51. The molecule has 1 N–H and O–H groups in total. The Bertz CT molecular complexity index is 1590. The van der Waals surface area contributed by atoms with Crippen molar-refractivity contribution in [1.29, 1.82) is 0 Å². The zero-order valence-corrected chi connectivity index (χ0v) is 17.3. The van der Waals surface area contributed by atoms with Crippen LogP contribution < -0.4 is 20.5 Å². The molecule has 0 aliphatic carbocycles. The molecule has 2 aromatic carbocycles. The highest BCUT2D eigenvalue weighted by Crippen LogP contribution is 2.30. The number of carbonyl (C=O) groups excluding carboxylic acids is 1. The monoisotopic (exact) mass is 439 g/mol. The maximum absolute atomic E-state index is 13.1. The number of benzene rings is 2. The first-order chi connectivity index (χ1) is 16.2.